The van der Waals surface area contributed by atoms with Crippen molar-refractivity contribution in [3.05, 3.63) is 51.6 Å². The van der Waals surface area contributed by atoms with Gasteiger partial charge < -0.3 is 10.7 Å². The van der Waals surface area contributed by atoms with Gasteiger partial charge in [0.1, 0.15) is 0 Å². The standard InChI is InChI=1S/C24H36N6O2S/c1-16-17(2)19(4)23(20(5)18(16)3)33(31,32)13-9-12-30-15-22(28-29-30)11-8-6-7-10-21-14-26-24(25)27-21/h14-15H,6-13H2,1-5H3,(H3,25,26,27). The number of H-pyrrole nitrogens is 1. The lowest BCUT2D eigenvalue weighted by molar-refractivity contribution is 0.561. The van der Waals surface area contributed by atoms with Crippen molar-refractivity contribution < 1.29 is 8.42 Å². The number of unbranched alkanes of at least 4 members (excludes halogenated alkanes) is 2. The molecule has 0 atom stereocenters. The van der Waals surface area contributed by atoms with Crippen molar-refractivity contribution >= 4 is 15.8 Å². The number of nitrogens with one attached hydrogen (secondary N) is 1. The van der Waals surface area contributed by atoms with E-state index in [4.69, 9.17) is 5.73 Å². The maximum absolute atomic E-state index is 13.1. The molecule has 0 fully saturated rings. The van der Waals surface area contributed by atoms with Gasteiger partial charge in [0.2, 0.25) is 0 Å². The van der Waals surface area contributed by atoms with Gasteiger partial charge in [-0.1, -0.05) is 11.6 Å². The Morgan fingerprint density at radius 1 is 0.909 bits per heavy atom. The van der Waals surface area contributed by atoms with E-state index in [9.17, 15) is 8.42 Å². The Balaban J connectivity index is 1.47. The number of aryl methyl sites for hydroxylation is 3. The van der Waals surface area contributed by atoms with Crippen LogP contribution < -0.4 is 5.73 Å². The normalized spacial score (nSPS) is 11.9. The van der Waals surface area contributed by atoms with Gasteiger partial charge in [-0.3, -0.25) is 4.68 Å². The summed E-state index contributed by atoms with van der Waals surface area (Å²) in [6.45, 7) is 10.4. The second-order valence-corrected chi connectivity index (χ2v) is 11.0. The Morgan fingerprint density at radius 3 is 2.18 bits per heavy atom. The highest BCUT2D eigenvalue weighted by molar-refractivity contribution is 7.91. The van der Waals surface area contributed by atoms with Crippen LogP contribution in [0, 0.1) is 34.6 Å². The Hall–Kier alpha value is -2.68. The number of nitrogens with zero attached hydrogens (tertiary/aromatic N) is 4. The molecule has 1 aromatic carbocycles. The predicted molar refractivity (Wildman–Crippen MR) is 131 cm³/mol. The molecule has 0 saturated carbocycles. The zero-order chi connectivity index (χ0) is 24.2. The molecule has 3 rings (SSSR count). The molecule has 2 heterocycles. The monoisotopic (exact) mass is 472 g/mol. The number of nitrogen functional groups attached to an aromatic ring is 1. The SMILES string of the molecule is Cc1c(C)c(C)c(S(=O)(=O)CCCn2cc(CCCCCc3cnc(N)[nH]3)nn2)c(C)c1C. The fraction of sp³-hybridized carbons (Fsp3) is 0.542. The van der Waals surface area contributed by atoms with Crippen LogP contribution in [0.5, 0.6) is 0 Å². The van der Waals surface area contributed by atoms with Gasteiger partial charge in [-0.2, -0.15) is 0 Å². The van der Waals surface area contributed by atoms with E-state index >= 15 is 0 Å². The molecule has 0 unspecified atom stereocenters. The number of hydrogen-bond donors (Lipinski definition) is 2. The number of anilines is 1. The first-order valence-corrected chi connectivity index (χ1v) is 13.2. The molecule has 180 valence electrons. The molecule has 9 heteroatoms. The van der Waals surface area contributed by atoms with Gasteiger partial charge in [0.25, 0.3) is 0 Å². The molecular formula is C24H36N6O2S. The van der Waals surface area contributed by atoms with Crippen molar-refractivity contribution in [1.29, 1.82) is 0 Å². The molecule has 0 aliphatic heterocycles. The van der Waals surface area contributed by atoms with E-state index in [1.165, 1.54) is 5.56 Å². The minimum atomic E-state index is -3.37. The molecule has 0 saturated heterocycles. The van der Waals surface area contributed by atoms with Crippen LogP contribution in [0.1, 0.15) is 64.9 Å². The Morgan fingerprint density at radius 2 is 1.55 bits per heavy atom. The molecule has 2 aromatic heterocycles. The summed E-state index contributed by atoms with van der Waals surface area (Å²) in [6.07, 6.45) is 9.19. The fourth-order valence-electron chi connectivity index (χ4n) is 4.32. The lowest BCUT2D eigenvalue weighted by Gasteiger charge is -2.18. The summed E-state index contributed by atoms with van der Waals surface area (Å²) in [5.74, 6) is 0.563. The Labute approximate surface area is 196 Å². The van der Waals surface area contributed by atoms with Gasteiger partial charge >= 0.3 is 0 Å². The van der Waals surface area contributed by atoms with E-state index in [-0.39, 0.29) is 5.75 Å². The minimum Gasteiger partial charge on any atom is -0.369 e. The molecule has 0 aliphatic carbocycles. The molecule has 3 N–H and O–H groups in total. The van der Waals surface area contributed by atoms with Crippen LogP contribution in [-0.4, -0.2) is 39.1 Å². The molecule has 0 spiro atoms. The molecule has 0 aliphatic rings. The van der Waals surface area contributed by atoms with E-state index in [0.29, 0.717) is 23.8 Å². The number of rotatable bonds is 11. The quantitative estimate of drug-likeness (QED) is 0.408. The molecule has 33 heavy (non-hydrogen) atoms. The smallest absolute Gasteiger partial charge is 0.197 e. The largest absolute Gasteiger partial charge is 0.369 e. The topological polar surface area (TPSA) is 120 Å². The number of benzene rings is 1. The van der Waals surface area contributed by atoms with Gasteiger partial charge in [0.05, 0.1) is 22.5 Å². The second-order valence-electron chi connectivity index (χ2n) is 8.95. The van der Waals surface area contributed by atoms with Gasteiger partial charge in [-0.25, -0.2) is 13.4 Å². The van der Waals surface area contributed by atoms with E-state index < -0.39 is 9.84 Å². The van der Waals surface area contributed by atoms with Crippen molar-refractivity contribution in [2.24, 2.45) is 0 Å². The van der Waals surface area contributed by atoms with E-state index in [1.807, 2.05) is 33.9 Å². The summed E-state index contributed by atoms with van der Waals surface area (Å²) in [7, 11) is -3.37. The van der Waals surface area contributed by atoms with Gasteiger partial charge in [-0.05, 0) is 94.5 Å². The summed E-state index contributed by atoms with van der Waals surface area (Å²) in [5.41, 5.74) is 12.6. The van der Waals surface area contributed by atoms with Crippen LogP contribution in [-0.2, 0) is 29.2 Å². The second kappa shape index (κ2) is 10.5. The van der Waals surface area contributed by atoms with E-state index in [0.717, 1.165) is 65.7 Å². The fourth-order valence-corrected chi connectivity index (χ4v) is 6.27. The predicted octanol–water partition coefficient (Wildman–Crippen LogP) is 3.95. The highest BCUT2D eigenvalue weighted by Gasteiger charge is 2.23. The molecule has 8 nitrogen and oxygen atoms in total. The molecule has 0 radical (unpaired) electrons. The number of hydrogen-bond acceptors (Lipinski definition) is 6. The van der Waals surface area contributed by atoms with Crippen molar-refractivity contribution in [3.63, 3.8) is 0 Å². The van der Waals surface area contributed by atoms with Crippen LogP contribution in [0.2, 0.25) is 0 Å². The number of imidazole rings is 1. The third-order valence-corrected chi connectivity index (χ3v) is 8.72. The van der Waals surface area contributed by atoms with Gasteiger partial charge in [-0.15, -0.1) is 5.10 Å². The molecule has 0 amide bonds. The zero-order valence-corrected chi connectivity index (χ0v) is 21.2. The first-order chi connectivity index (χ1) is 15.6. The third kappa shape index (κ3) is 6.01. The summed E-state index contributed by atoms with van der Waals surface area (Å²) in [4.78, 5) is 7.55. The average Bonchev–Trinajstić information content (AvgIpc) is 3.39. The van der Waals surface area contributed by atoms with E-state index in [1.54, 1.807) is 10.9 Å². The van der Waals surface area contributed by atoms with Crippen molar-refractivity contribution in [1.82, 2.24) is 25.0 Å². The molecule has 3 aromatic rings. The summed E-state index contributed by atoms with van der Waals surface area (Å²) in [6, 6.07) is 0. The van der Waals surface area contributed by atoms with E-state index in [2.05, 4.69) is 27.2 Å². The van der Waals surface area contributed by atoms with Crippen molar-refractivity contribution in [2.45, 2.75) is 84.6 Å². The van der Waals surface area contributed by atoms with Gasteiger partial charge in [0, 0.05) is 18.4 Å². The van der Waals surface area contributed by atoms with Crippen molar-refractivity contribution in [3.8, 4) is 0 Å². The van der Waals surface area contributed by atoms with Crippen LogP contribution in [0.15, 0.2) is 17.3 Å². The molecular weight excluding hydrogens is 436 g/mol. The van der Waals surface area contributed by atoms with Crippen molar-refractivity contribution in [2.75, 3.05) is 11.5 Å². The highest BCUT2D eigenvalue weighted by atomic mass is 32.2. The number of nitrogens with two attached hydrogens (primary N) is 1. The first-order valence-electron chi connectivity index (χ1n) is 11.6. The highest BCUT2D eigenvalue weighted by Crippen LogP contribution is 2.30. The number of aromatic amines is 1. The van der Waals surface area contributed by atoms with Crippen LogP contribution in [0.4, 0.5) is 5.95 Å². The van der Waals surface area contributed by atoms with Crippen LogP contribution >= 0.6 is 0 Å². The number of aromatic nitrogens is 5. The maximum Gasteiger partial charge on any atom is 0.197 e. The maximum atomic E-state index is 13.1. The zero-order valence-electron chi connectivity index (χ0n) is 20.4. The summed E-state index contributed by atoms with van der Waals surface area (Å²) >= 11 is 0. The van der Waals surface area contributed by atoms with Crippen LogP contribution in [0.3, 0.4) is 0 Å². The molecule has 0 bridgehead atoms. The summed E-state index contributed by atoms with van der Waals surface area (Å²) in [5, 5.41) is 8.42. The Kier molecular flexibility index (Phi) is 7.94. The lowest BCUT2D eigenvalue weighted by Crippen LogP contribution is -2.15. The van der Waals surface area contributed by atoms with Gasteiger partial charge in [0.15, 0.2) is 15.8 Å². The van der Waals surface area contributed by atoms with Crippen LogP contribution in [0.25, 0.3) is 0 Å². The number of sulfone groups is 1. The average molecular weight is 473 g/mol. The third-order valence-electron chi connectivity index (χ3n) is 6.66. The Bertz CT molecular complexity index is 1180. The first kappa shape index (κ1) is 25.0. The minimum absolute atomic E-state index is 0.101. The summed E-state index contributed by atoms with van der Waals surface area (Å²) < 4.78 is 28.0. The lowest BCUT2D eigenvalue weighted by atomic mass is 9.95.